The first kappa shape index (κ1) is 18.7. The summed E-state index contributed by atoms with van der Waals surface area (Å²) in [6.45, 7) is 0. The van der Waals surface area contributed by atoms with Gasteiger partial charge in [-0.25, -0.2) is 0 Å². The summed E-state index contributed by atoms with van der Waals surface area (Å²) >= 11 is 3.01. The van der Waals surface area contributed by atoms with Crippen molar-refractivity contribution in [3.05, 3.63) is 64.1 Å². The normalized spacial score (nSPS) is 15.0. The number of benzene rings is 2. The Hall–Kier alpha value is -1.67. The van der Waals surface area contributed by atoms with Gasteiger partial charge < -0.3 is 9.84 Å². The number of aliphatic hydroxyl groups is 1. The monoisotopic (exact) mass is 410 g/mol. The smallest absolute Gasteiger partial charge is 0.457 e. The van der Waals surface area contributed by atoms with Gasteiger partial charge in [0.2, 0.25) is 0 Å². The molecule has 2 nitrogen and oxygen atoms in total. The van der Waals surface area contributed by atoms with Crippen molar-refractivity contribution < 1.29 is 31.8 Å². The van der Waals surface area contributed by atoms with Crippen LogP contribution in [0.3, 0.4) is 0 Å². The van der Waals surface area contributed by atoms with Gasteiger partial charge in [0.15, 0.2) is 5.60 Å². The van der Waals surface area contributed by atoms with Crippen LogP contribution in [0.15, 0.2) is 53.0 Å². The summed E-state index contributed by atoms with van der Waals surface area (Å²) in [6.07, 6.45) is -5.98. The number of halogens is 6. The molecule has 0 spiro atoms. The van der Waals surface area contributed by atoms with Crippen LogP contribution in [0.25, 0.3) is 0 Å². The van der Waals surface area contributed by atoms with Gasteiger partial charge in [-0.2, -0.15) is 22.0 Å². The van der Waals surface area contributed by atoms with Crippen LogP contribution in [-0.2, 0) is 5.60 Å². The fourth-order valence-electron chi connectivity index (χ4n) is 2.37. The van der Waals surface area contributed by atoms with Crippen molar-refractivity contribution in [2.45, 2.75) is 17.7 Å². The first-order chi connectivity index (χ1) is 11.1. The predicted octanol–water partition coefficient (Wildman–Crippen LogP) is 4.89. The lowest BCUT2D eigenvalue weighted by molar-refractivity contribution is -0.336. The van der Waals surface area contributed by atoms with Gasteiger partial charge in [-0.05, 0) is 23.8 Å². The van der Waals surface area contributed by atoms with Crippen molar-refractivity contribution in [3.8, 4) is 5.75 Å². The SMILES string of the molecule is COc1ccccc1C(O)(c1cccc(Br)c1)C(F)(F)C(F)(F)F. The van der Waals surface area contributed by atoms with Crippen LogP contribution < -0.4 is 4.74 Å². The van der Waals surface area contributed by atoms with Gasteiger partial charge in [0, 0.05) is 10.0 Å². The fraction of sp³-hybridized carbons (Fsp3) is 0.250. The molecular weight excluding hydrogens is 399 g/mol. The van der Waals surface area contributed by atoms with Crippen LogP contribution in [0.5, 0.6) is 5.75 Å². The molecule has 0 aromatic heterocycles. The molecule has 1 unspecified atom stereocenters. The molecule has 2 aromatic rings. The molecule has 0 heterocycles. The summed E-state index contributed by atoms with van der Waals surface area (Å²) in [6, 6.07) is 9.51. The van der Waals surface area contributed by atoms with E-state index in [9.17, 15) is 27.1 Å². The van der Waals surface area contributed by atoms with E-state index in [4.69, 9.17) is 4.74 Å². The quantitative estimate of drug-likeness (QED) is 0.727. The lowest BCUT2D eigenvalue weighted by Crippen LogP contribution is -2.55. The Kier molecular flexibility index (Phi) is 4.92. The number of para-hydroxylation sites is 1. The van der Waals surface area contributed by atoms with Crippen molar-refractivity contribution >= 4 is 15.9 Å². The van der Waals surface area contributed by atoms with Crippen LogP contribution in [0.1, 0.15) is 11.1 Å². The fourth-order valence-corrected chi connectivity index (χ4v) is 2.77. The maximum Gasteiger partial charge on any atom is 0.457 e. The molecule has 0 saturated heterocycles. The highest BCUT2D eigenvalue weighted by atomic mass is 79.9. The van der Waals surface area contributed by atoms with E-state index in [1.807, 2.05) is 0 Å². The molecule has 1 N–H and O–H groups in total. The molecule has 0 aliphatic carbocycles. The van der Waals surface area contributed by atoms with Crippen LogP contribution in [0.2, 0.25) is 0 Å². The highest BCUT2D eigenvalue weighted by Gasteiger charge is 2.71. The first-order valence-corrected chi connectivity index (χ1v) is 7.41. The summed E-state index contributed by atoms with van der Waals surface area (Å²) in [5.74, 6) is -5.75. The first-order valence-electron chi connectivity index (χ1n) is 6.62. The molecule has 0 saturated carbocycles. The molecule has 8 heteroatoms. The number of rotatable bonds is 4. The molecule has 0 fully saturated rings. The third-order valence-electron chi connectivity index (χ3n) is 3.55. The molecular formula is C16H12BrF5O2. The van der Waals surface area contributed by atoms with Crippen molar-refractivity contribution in [2.75, 3.05) is 7.11 Å². The second kappa shape index (κ2) is 6.33. The van der Waals surface area contributed by atoms with E-state index >= 15 is 0 Å². The van der Waals surface area contributed by atoms with Gasteiger partial charge in [0.1, 0.15) is 5.75 Å². The summed E-state index contributed by atoms with van der Waals surface area (Å²) in [5.41, 5.74) is -4.97. The molecule has 0 amide bonds. The van der Waals surface area contributed by atoms with Gasteiger partial charge in [-0.15, -0.1) is 0 Å². The Morgan fingerprint density at radius 2 is 1.58 bits per heavy atom. The molecule has 0 aliphatic heterocycles. The molecule has 1 atom stereocenters. The van der Waals surface area contributed by atoms with Crippen LogP contribution in [0.4, 0.5) is 22.0 Å². The van der Waals surface area contributed by atoms with Crippen LogP contribution >= 0.6 is 15.9 Å². The minimum atomic E-state index is -5.98. The second-order valence-corrected chi connectivity index (χ2v) is 5.91. The average molecular weight is 411 g/mol. The zero-order valence-corrected chi connectivity index (χ0v) is 13.8. The van der Waals surface area contributed by atoms with E-state index in [-0.39, 0.29) is 10.2 Å². The molecule has 2 aromatic carbocycles. The zero-order chi connectivity index (χ0) is 18.2. The molecule has 2 rings (SSSR count). The van der Waals surface area contributed by atoms with Crippen molar-refractivity contribution in [1.82, 2.24) is 0 Å². The third kappa shape index (κ3) is 2.88. The van der Waals surface area contributed by atoms with Crippen LogP contribution in [-0.4, -0.2) is 24.3 Å². The molecule has 0 bridgehead atoms. The van der Waals surface area contributed by atoms with Crippen molar-refractivity contribution in [3.63, 3.8) is 0 Å². The highest BCUT2D eigenvalue weighted by Crippen LogP contribution is 2.53. The molecule has 24 heavy (non-hydrogen) atoms. The predicted molar refractivity (Wildman–Crippen MR) is 81.1 cm³/mol. The van der Waals surface area contributed by atoms with Crippen molar-refractivity contribution in [2.24, 2.45) is 0 Å². The van der Waals surface area contributed by atoms with Crippen molar-refractivity contribution in [1.29, 1.82) is 0 Å². The van der Waals surface area contributed by atoms with E-state index in [1.54, 1.807) is 0 Å². The number of ether oxygens (including phenoxy) is 1. The van der Waals surface area contributed by atoms with Gasteiger partial charge in [-0.3, -0.25) is 0 Å². The van der Waals surface area contributed by atoms with Gasteiger partial charge in [0.05, 0.1) is 7.11 Å². The molecule has 130 valence electrons. The van der Waals surface area contributed by atoms with Gasteiger partial charge in [-0.1, -0.05) is 46.3 Å². The van der Waals surface area contributed by atoms with E-state index in [0.29, 0.717) is 0 Å². The Bertz CT molecular complexity index is 732. The highest BCUT2D eigenvalue weighted by molar-refractivity contribution is 9.10. The van der Waals surface area contributed by atoms with E-state index in [1.165, 1.54) is 30.3 Å². The summed E-state index contributed by atoms with van der Waals surface area (Å²) in [5, 5.41) is 10.7. The summed E-state index contributed by atoms with van der Waals surface area (Å²) in [4.78, 5) is 0. The lowest BCUT2D eigenvalue weighted by atomic mass is 9.80. The second-order valence-electron chi connectivity index (χ2n) is 4.99. The van der Waals surface area contributed by atoms with E-state index in [2.05, 4.69) is 15.9 Å². The summed E-state index contributed by atoms with van der Waals surface area (Å²) in [7, 11) is 1.12. The number of alkyl halides is 5. The lowest BCUT2D eigenvalue weighted by Gasteiger charge is -2.38. The Morgan fingerprint density at radius 3 is 2.12 bits per heavy atom. The average Bonchev–Trinajstić information content (AvgIpc) is 2.52. The van der Waals surface area contributed by atoms with Gasteiger partial charge >= 0.3 is 12.1 Å². The third-order valence-corrected chi connectivity index (χ3v) is 4.04. The number of methoxy groups -OCH3 is 1. The largest absolute Gasteiger partial charge is 0.496 e. The Balaban J connectivity index is 2.85. The number of hydrogen-bond acceptors (Lipinski definition) is 2. The van der Waals surface area contributed by atoms with Crippen LogP contribution in [0, 0.1) is 0 Å². The van der Waals surface area contributed by atoms with E-state index in [0.717, 1.165) is 25.3 Å². The molecule has 0 aliphatic rings. The maximum absolute atomic E-state index is 14.4. The molecule has 0 radical (unpaired) electrons. The minimum absolute atomic E-state index is 0.242. The zero-order valence-electron chi connectivity index (χ0n) is 12.2. The number of hydrogen-bond donors (Lipinski definition) is 1. The topological polar surface area (TPSA) is 29.5 Å². The van der Waals surface area contributed by atoms with E-state index < -0.39 is 28.8 Å². The minimum Gasteiger partial charge on any atom is -0.496 e. The van der Waals surface area contributed by atoms with Gasteiger partial charge in [0.25, 0.3) is 0 Å². The maximum atomic E-state index is 14.4. The Labute approximate surface area is 143 Å². The summed E-state index contributed by atoms with van der Waals surface area (Å²) < 4.78 is 73.0. The Morgan fingerprint density at radius 1 is 0.958 bits per heavy atom. The standard InChI is InChI=1S/C16H12BrF5O2/c1-24-13-8-3-2-7-12(13)14(23,15(18,19)16(20,21)22)10-5-4-6-11(17)9-10/h2-9,23H,1H3.